The Hall–Kier alpha value is -2.43. The van der Waals surface area contributed by atoms with Crippen molar-refractivity contribution in [2.45, 2.75) is 13.5 Å². The fourth-order valence-electron chi connectivity index (χ4n) is 1.71. The van der Waals surface area contributed by atoms with Gasteiger partial charge in [0.2, 0.25) is 0 Å². The molecule has 0 unspecified atom stereocenters. The standard InChI is InChI=1S/C15H14F2N2O/c1-10-7-8-12(16)14(13(10)17)19-15(20)18-9-11-5-3-2-4-6-11/h2-8H,9H2,1H3,(H2,18,19,20). The minimum Gasteiger partial charge on any atom is -0.334 e. The summed E-state index contributed by atoms with van der Waals surface area (Å²) in [6.07, 6.45) is 0. The molecule has 2 amide bonds. The topological polar surface area (TPSA) is 41.1 Å². The molecule has 2 aromatic rings. The molecule has 20 heavy (non-hydrogen) atoms. The number of carbonyl (C=O) groups is 1. The van der Waals surface area contributed by atoms with Gasteiger partial charge in [-0.15, -0.1) is 0 Å². The summed E-state index contributed by atoms with van der Waals surface area (Å²) in [6.45, 7) is 1.78. The second-order valence-electron chi connectivity index (χ2n) is 4.35. The molecule has 104 valence electrons. The predicted octanol–water partition coefficient (Wildman–Crippen LogP) is 3.59. The number of amides is 2. The van der Waals surface area contributed by atoms with Crippen LogP contribution in [0.5, 0.6) is 0 Å². The minimum absolute atomic E-state index is 0.268. The first-order valence-corrected chi connectivity index (χ1v) is 6.11. The van der Waals surface area contributed by atoms with Gasteiger partial charge in [-0.25, -0.2) is 13.6 Å². The number of halogens is 2. The Kier molecular flexibility index (Phi) is 4.30. The molecule has 5 heteroatoms. The van der Waals surface area contributed by atoms with E-state index < -0.39 is 23.4 Å². The van der Waals surface area contributed by atoms with Crippen molar-refractivity contribution in [3.63, 3.8) is 0 Å². The number of carbonyl (C=O) groups excluding carboxylic acids is 1. The molecule has 0 aromatic heterocycles. The summed E-state index contributed by atoms with van der Waals surface area (Å²) in [5.41, 5.74) is 0.730. The summed E-state index contributed by atoms with van der Waals surface area (Å²) in [6, 6.07) is 11.0. The number of nitrogens with one attached hydrogen (secondary N) is 2. The Labute approximate surface area is 115 Å². The summed E-state index contributed by atoms with van der Waals surface area (Å²) in [7, 11) is 0. The Balaban J connectivity index is 2.00. The first kappa shape index (κ1) is 14.0. The van der Waals surface area contributed by atoms with Crippen molar-refractivity contribution in [3.8, 4) is 0 Å². The average Bonchev–Trinajstić information content (AvgIpc) is 2.46. The van der Waals surface area contributed by atoms with Crippen LogP contribution in [0.3, 0.4) is 0 Å². The molecule has 0 saturated heterocycles. The van der Waals surface area contributed by atoms with Crippen molar-refractivity contribution in [3.05, 3.63) is 65.2 Å². The maximum absolute atomic E-state index is 13.7. The fraction of sp³-hybridized carbons (Fsp3) is 0.133. The van der Waals surface area contributed by atoms with Gasteiger partial charge in [-0.2, -0.15) is 0 Å². The van der Waals surface area contributed by atoms with Gasteiger partial charge in [-0.1, -0.05) is 36.4 Å². The molecule has 0 bridgehead atoms. The van der Waals surface area contributed by atoms with Crippen LogP contribution in [0.25, 0.3) is 0 Å². The van der Waals surface area contributed by atoms with Crippen LogP contribution in [0.4, 0.5) is 19.3 Å². The minimum atomic E-state index is -0.803. The maximum Gasteiger partial charge on any atom is 0.319 e. The van der Waals surface area contributed by atoms with E-state index in [1.165, 1.54) is 13.0 Å². The van der Waals surface area contributed by atoms with Crippen LogP contribution in [0, 0.1) is 18.6 Å². The maximum atomic E-state index is 13.7. The van der Waals surface area contributed by atoms with Crippen molar-refractivity contribution < 1.29 is 13.6 Å². The Morgan fingerprint density at radius 2 is 1.80 bits per heavy atom. The van der Waals surface area contributed by atoms with Gasteiger partial charge in [0.25, 0.3) is 0 Å². The zero-order valence-corrected chi connectivity index (χ0v) is 10.9. The third-order valence-electron chi connectivity index (χ3n) is 2.82. The van der Waals surface area contributed by atoms with E-state index in [2.05, 4.69) is 10.6 Å². The van der Waals surface area contributed by atoms with E-state index >= 15 is 0 Å². The molecule has 2 rings (SSSR count). The van der Waals surface area contributed by atoms with E-state index in [-0.39, 0.29) is 12.1 Å². The quantitative estimate of drug-likeness (QED) is 0.883. The number of hydrogen-bond donors (Lipinski definition) is 2. The molecule has 0 heterocycles. The van der Waals surface area contributed by atoms with Crippen LogP contribution in [-0.4, -0.2) is 6.03 Å². The van der Waals surface area contributed by atoms with E-state index in [1.807, 2.05) is 30.3 Å². The normalized spacial score (nSPS) is 10.2. The molecule has 0 radical (unpaired) electrons. The number of rotatable bonds is 3. The second-order valence-corrected chi connectivity index (χ2v) is 4.35. The lowest BCUT2D eigenvalue weighted by molar-refractivity contribution is 0.251. The molecule has 0 aliphatic rings. The molecule has 0 fully saturated rings. The zero-order chi connectivity index (χ0) is 14.5. The molecule has 2 N–H and O–H groups in total. The highest BCUT2D eigenvalue weighted by Crippen LogP contribution is 2.21. The SMILES string of the molecule is Cc1ccc(F)c(NC(=O)NCc2ccccc2)c1F. The summed E-state index contributed by atoms with van der Waals surface area (Å²) >= 11 is 0. The highest BCUT2D eigenvalue weighted by atomic mass is 19.1. The van der Waals surface area contributed by atoms with Gasteiger partial charge in [0.05, 0.1) is 0 Å². The van der Waals surface area contributed by atoms with Crippen molar-refractivity contribution in [2.24, 2.45) is 0 Å². The average molecular weight is 276 g/mol. The van der Waals surface area contributed by atoms with Crippen LogP contribution >= 0.6 is 0 Å². The highest BCUT2D eigenvalue weighted by Gasteiger charge is 2.13. The molecular weight excluding hydrogens is 262 g/mol. The Bertz CT molecular complexity index is 615. The number of benzene rings is 2. The number of urea groups is 1. The van der Waals surface area contributed by atoms with Crippen LogP contribution in [0.2, 0.25) is 0 Å². The summed E-state index contributed by atoms with van der Waals surface area (Å²) in [5.74, 6) is -1.57. The summed E-state index contributed by atoms with van der Waals surface area (Å²) in [4.78, 5) is 11.6. The molecule has 0 saturated carbocycles. The van der Waals surface area contributed by atoms with E-state index in [1.54, 1.807) is 0 Å². The van der Waals surface area contributed by atoms with Crippen molar-refractivity contribution in [1.29, 1.82) is 0 Å². The summed E-state index contributed by atoms with van der Waals surface area (Å²) in [5, 5.41) is 4.73. The van der Waals surface area contributed by atoms with Crippen molar-refractivity contribution in [2.75, 3.05) is 5.32 Å². The number of aryl methyl sites for hydroxylation is 1. The number of hydrogen-bond acceptors (Lipinski definition) is 1. The molecule has 0 aliphatic heterocycles. The monoisotopic (exact) mass is 276 g/mol. The first-order valence-electron chi connectivity index (χ1n) is 6.11. The molecule has 0 spiro atoms. The zero-order valence-electron chi connectivity index (χ0n) is 10.9. The highest BCUT2D eigenvalue weighted by molar-refractivity contribution is 5.89. The molecule has 2 aromatic carbocycles. The lowest BCUT2D eigenvalue weighted by Crippen LogP contribution is -2.29. The fourth-order valence-corrected chi connectivity index (χ4v) is 1.71. The van der Waals surface area contributed by atoms with Gasteiger partial charge in [0, 0.05) is 6.54 Å². The Morgan fingerprint density at radius 1 is 1.10 bits per heavy atom. The summed E-state index contributed by atoms with van der Waals surface area (Å²) < 4.78 is 27.2. The van der Waals surface area contributed by atoms with E-state index in [0.717, 1.165) is 11.6 Å². The molecule has 3 nitrogen and oxygen atoms in total. The van der Waals surface area contributed by atoms with Gasteiger partial charge in [-0.3, -0.25) is 0 Å². The van der Waals surface area contributed by atoms with E-state index in [4.69, 9.17) is 0 Å². The van der Waals surface area contributed by atoms with Gasteiger partial charge >= 0.3 is 6.03 Å². The third kappa shape index (κ3) is 3.32. The van der Waals surface area contributed by atoms with Crippen molar-refractivity contribution >= 4 is 11.7 Å². The lowest BCUT2D eigenvalue weighted by Gasteiger charge is -2.10. The Morgan fingerprint density at radius 3 is 2.50 bits per heavy atom. The first-order chi connectivity index (χ1) is 9.58. The third-order valence-corrected chi connectivity index (χ3v) is 2.82. The van der Waals surface area contributed by atoms with Crippen LogP contribution in [0.15, 0.2) is 42.5 Å². The molecule has 0 aliphatic carbocycles. The van der Waals surface area contributed by atoms with Crippen LogP contribution in [-0.2, 0) is 6.54 Å². The van der Waals surface area contributed by atoms with Gasteiger partial charge in [0.1, 0.15) is 11.5 Å². The van der Waals surface area contributed by atoms with Crippen LogP contribution < -0.4 is 10.6 Å². The van der Waals surface area contributed by atoms with E-state index in [0.29, 0.717) is 0 Å². The predicted molar refractivity (Wildman–Crippen MR) is 73.4 cm³/mol. The van der Waals surface area contributed by atoms with Crippen LogP contribution in [0.1, 0.15) is 11.1 Å². The smallest absolute Gasteiger partial charge is 0.319 e. The number of anilines is 1. The largest absolute Gasteiger partial charge is 0.334 e. The van der Waals surface area contributed by atoms with E-state index in [9.17, 15) is 13.6 Å². The van der Waals surface area contributed by atoms with Gasteiger partial charge < -0.3 is 10.6 Å². The second kappa shape index (κ2) is 6.14. The molecular formula is C15H14F2N2O. The lowest BCUT2D eigenvalue weighted by atomic mass is 10.2. The van der Waals surface area contributed by atoms with Gasteiger partial charge in [-0.05, 0) is 24.1 Å². The van der Waals surface area contributed by atoms with Crippen molar-refractivity contribution in [1.82, 2.24) is 5.32 Å². The van der Waals surface area contributed by atoms with Gasteiger partial charge in [0.15, 0.2) is 5.82 Å². The molecule has 0 atom stereocenters.